The van der Waals surface area contributed by atoms with E-state index in [0.29, 0.717) is 12.2 Å². The summed E-state index contributed by atoms with van der Waals surface area (Å²) in [6, 6.07) is 11.4. The van der Waals surface area contributed by atoms with E-state index in [4.69, 9.17) is 9.15 Å². The van der Waals surface area contributed by atoms with Crippen molar-refractivity contribution in [3.05, 3.63) is 60.1 Å². The second kappa shape index (κ2) is 6.98. The molecule has 4 nitrogen and oxygen atoms in total. The SMILES string of the molecule is COc1ccccc1CC(C)(C)NC(=O)C=Cc1ccco1. The van der Waals surface area contributed by atoms with Crippen LogP contribution in [0.25, 0.3) is 6.08 Å². The highest BCUT2D eigenvalue weighted by atomic mass is 16.5. The Labute approximate surface area is 130 Å². The summed E-state index contributed by atoms with van der Waals surface area (Å²) in [5.74, 6) is 1.32. The molecule has 2 rings (SSSR count). The number of benzene rings is 1. The summed E-state index contributed by atoms with van der Waals surface area (Å²) in [4.78, 5) is 12.0. The zero-order chi connectivity index (χ0) is 16.0. The summed E-state index contributed by atoms with van der Waals surface area (Å²) in [7, 11) is 1.65. The third-order valence-electron chi connectivity index (χ3n) is 3.23. The van der Waals surface area contributed by atoms with Crippen LogP contribution in [0.5, 0.6) is 5.75 Å². The Kier molecular flexibility index (Phi) is 5.04. The van der Waals surface area contributed by atoms with Crippen LogP contribution in [0.4, 0.5) is 0 Å². The van der Waals surface area contributed by atoms with E-state index in [2.05, 4.69) is 5.32 Å². The summed E-state index contributed by atoms with van der Waals surface area (Å²) in [5.41, 5.74) is 0.671. The highest BCUT2D eigenvalue weighted by Crippen LogP contribution is 2.22. The molecular weight excluding hydrogens is 278 g/mol. The third-order valence-corrected chi connectivity index (χ3v) is 3.23. The van der Waals surface area contributed by atoms with Gasteiger partial charge in [-0.1, -0.05) is 18.2 Å². The number of hydrogen-bond donors (Lipinski definition) is 1. The highest BCUT2D eigenvalue weighted by molar-refractivity contribution is 5.91. The third kappa shape index (κ3) is 4.52. The molecule has 0 fully saturated rings. The van der Waals surface area contributed by atoms with E-state index in [1.54, 1.807) is 31.6 Å². The van der Waals surface area contributed by atoms with Crippen LogP contribution in [-0.4, -0.2) is 18.6 Å². The molecular formula is C18H21NO3. The van der Waals surface area contributed by atoms with Gasteiger partial charge in [-0.25, -0.2) is 0 Å². The normalized spacial score (nSPS) is 11.6. The standard InChI is InChI=1S/C18H21NO3/c1-18(2,13-14-7-4-5-9-16(14)21-3)19-17(20)11-10-15-8-6-12-22-15/h4-12H,13H2,1-3H3,(H,19,20). The highest BCUT2D eigenvalue weighted by Gasteiger charge is 2.21. The van der Waals surface area contributed by atoms with Gasteiger partial charge in [0, 0.05) is 11.6 Å². The van der Waals surface area contributed by atoms with Crippen molar-refractivity contribution in [3.63, 3.8) is 0 Å². The fraction of sp³-hybridized carbons (Fsp3) is 0.278. The van der Waals surface area contributed by atoms with Crippen LogP contribution in [0.1, 0.15) is 25.2 Å². The van der Waals surface area contributed by atoms with Gasteiger partial charge < -0.3 is 14.5 Å². The van der Waals surface area contributed by atoms with E-state index >= 15 is 0 Å². The number of methoxy groups -OCH3 is 1. The first kappa shape index (κ1) is 15.9. The average Bonchev–Trinajstić information content (AvgIpc) is 2.98. The molecule has 0 spiro atoms. The van der Waals surface area contributed by atoms with Crippen molar-refractivity contribution in [2.45, 2.75) is 25.8 Å². The number of furan rings is 1. The molecule has 116 valence electrons. The van der Waals surface area contributed by atoms with Gasteiger partial charge in [-0.2, -0.15) is 0 Å². The first-order valence-corrected chi connectivity index (χ1v) is 7.16. The molecule has 1 heterocycles. The van der Waals surface area contributed by atoms with Crippen LogP contribution in [0.3, 0.4) is 0 Å². The molecule has 0 atom stereocenters. The molecule has 1 amide bonds. The van der Waals surface area contributed by atoms with Gasteiger partial charge in [0.2, 0.25) is 5.91 Å². The van der Waals surface area contributed by atoms with Crippen molar-refractivity contribution in [3.8, 4) is 5.75 Å². The molecule has 0 radical (unpaired) electrons. The monoisotopic (exact) mass is 299 g/mol. The van der Waals surface area contributed by atoms with E-state index in [0.717, 1.165) is 11.3 Å². The van der Waals surface area contributed by atoms with E-state index < -0.39 is 0 Å². The molecule has 0 aliphatic heterocycles. The van der Waals surface area contributed by atoms with Gasteiger partial charge in [0.1, 0.15) is 11.5 Å². The van der Waals surface area contributed by atoms with Gasteiger partial charge >= 0.3 is 0 Å². The van der Waals surface area contributed by atoms with Crippen molar-refractivity contribution in [1.29, 1.82) is 0 Å². The number of hydrogen-bond acceptors (Lipinski definition) is 3. The van der Waals surface area contributed by atoms with Crippen LogP contribution in [-0.2, 0) is 11.2 Å². The first-order chi connectivity index (χ1) is 10.5. The van der Waals surface area contributed by atoms with Crippen molar-refractivity contribution >= 4 is 12.0 Å². The topological polar surface area (TPSA) is 51.5 Å². The summed E-state index contributed by atoms with van der Waals surface area (Å²) < 4.78 is 10.5. The molecule has 22 heavy (non-hydrogen) atoms. The Hall–Kier alpha value is -2.49. The van der Waals surface area contributed by atoms with Crippen molar-refractivity contribution < 1.29 is 13.9 Å². The summed E-state index contributed by atoms with van der Waals surface area (Å²) in [6.45, 7) is 3.97. The molecule has 1 aromatic carbocycles. The molecule has 0 aliphatic rings. The molecule has 4 heteroatoms. The predicted molar refractivity (Wildman–Crippen MR) is 86.7 cm³/mol. The molecule has 0 bridgehead atoms. The molecule has 0 saturated carbocycles. The summed E-state index contributed by atoms with van der Waals surface area (Å²) in [5, 5.41) is 3.00. The minimum atomic E-state index is -0.390. The molecule has 1 aromatic heterocycles. The minimum Gasteiger partial charge on any atom is -0.496 e. The number of carbonyl (C=O) groups is 1. The Bertz CT molecular complexity index is 642. The van der Waals surface area contributed by atoms with Gasteiger partial charge in [-0.05, 0) is 50.1 Å². The fourth-order valence-electron chi connectivity index (χ4n) is 2.29. The van der Waals surface area contributed by atoms with Gasteiger partial charge in [0.25, 0.3) is 0 Å². The number of para-hydroxylation sites is 1. The second-order valence-corrected chi connectivity index (χ2v) is 5.71. The van der Waals surface area contributed by atoms with E-state index in [9.17, 15) is 4.79 Å². The van der Waals surface area contributed by atoms with Gasteiger partial charge in [-0.3, -0.25) is 4.79 Å². The lowest BCUT2D eigenvalue weighted by atomic mass is 9.94. The number of carbonyl (C=O) groups excluding carboxylic acids is 1. The lowest BCUT2D eigenvalue weighted by Crippen LogP contribution is -2.44. The molecule has 0 unspecified atom stereocenters. The van der Waals surface area contributed by atoms with Gasteiger partial charge in [0.05, 0.1) is 13.4 Å². The largest absolute Gasteiger partial charge is 0.496 e. The van der Waals surface area contributed by atoms with E-state index in [1.165, 1.54) is 6.08 Å². The predicted octanol–water partition coefficient (Wildman–Crippen LogP) is 3.44. The smallest absolute Gasteiger partial charge is 0.244 e. The maximum atomic E-state index is 12.0. The first-order valence-electron chi connectivity index (χ1n) is 7.16. The van der Waals surface area contributed by atoms with Gasteiger partial charge in [-0.15, -0.1) is 0 Å². The number of rotatable bonds is 6. The number of amides is 1. The molecule has 0 aliphatic carbocycles. The van der Waals surface area contributed by atoms with Crippen molar-refractivity contribution in [2.75, 3.05) is 7.11 Å². The Balaban J connectivity index is 1.99. The van der Waals surface area contributed by atoms with E-state index in [1.807, 2.05) is 38.1 Å². The van der Waals surface area contributed by atoms with Gasteiger partial charge in [0.15, 0.2) is 0 Å². The molecule has 2 aromatic rings. The lowest BCUT2D eigenvalue weighted by Gasteiger charge is -2.26. The maximum absolute atomic E-state index is 12.0. The zero-order valence-electron chi connectivity index (χ0n) is 13.1. The Morgan fingerprint density at radius 3 is 2.73 bits per heavy atom. The minimum absolute atomic E-state index is 0.156. The maximum Gasteiger partial charge on any atom is 0.244 e. The summed E-state index contributed by atoms with van der Waals surface area (Å²) in [6.07, 6.45) is 5.37. The zero-order valence-corrected chi connectivity index (χ0v) is 13.1. The fourth-order valence-corrected chi connectivity index (χ4v) is 2.29. The molecule has 1 N–H and O–H groups in total. The lowest BCUT2D eigenvalue weighted by molar-refractivity contribution is -0.117. The number of ether oxygens (including phenoxy) is 1. The van der Waals surface area contributed by atoms with Crippen LogP contribution in [0, 0.1) is 0 Å². The quantitative estimate of drug-likeness (QED) is 0.831. The van der Waals surface area contributed by atoms with Crippen LogP contribution in [0.2, 0.25) is 0 Å². The van der Waals surface area contributed by atoms with Crippen LogP contribution >= 0.6 is 0 Å². The summed E-state index contributed by atoms with van der Waals surface area (Å²) >= 11 is 0. The van der Waals surface area contributed by atoms with E-state index in [-0.39, 0.29) is 11.4 Å². The van der Waals surface area contributed by atoms with Crippen LogP contribution < -0.4 is 10.1 Å². The Morgan fingerprint density at radius 2 is 2.05 bits per heavy atom. The second-order valence-electron chi connectivity index (χ2n) is 5.71. The van der Waals surface area contributed by atoms with Crippen LogP contribution in [0.15, 0.2) is 53.2 Å². The average molecular weight is 299 g/mol. The number of nitrogens with one attached hydrogen (secondary N) is 1. The van der Waals surface area contributed by atoms with Crippen molar-refractivity contribution in [2.24, 2.45) is 0 Å². The Morgan fingerprint density at radius 1 is 1.27 bits per heavy atom. The molecule has 0 saturated heterocycles. The van der Waals surface area contributed by atoms with Crippen molar-refractivity contribution in [1.82, 2.24) is 5.32 Å².